The molecular weight excluding hydrogens is 444 g/mol. The number of anilines is 1. The zero-order valence-corrected chi connectivity index (χ0v) is 16.7. The van der Waals surface area contributed by atoms with Gasteiger partial charge in [-0.05, 0) is 64.5 Å². The fourth-order valence-electron chi connectivity index (χ4n) is 2.30. The monoisotopic (exact) mass is 458 g/mol. The van der Waals surface area contributed by atoms with Crippen LogP contribution in [0, 0.1) is 0 Å². The first-order valence-corrected chi connectivity index (χ1v) is 9.07. The SMILES string of the molecule is COC(=O)c1ccc(NC(=O)/C(=C/c2ccco2)NC(=O)c2ccc(Br)o2)cc1. The quantitative estimate of drug-likeness (QED) is 0.428. The summed E-state index contributed by atoms with van der Waals surface area (Å²) in [6.45, 7) is 0. The molecule has 2 N–H and O–H groups in total. The molecule has 2 heterocycles. The maximum absolute atomic E-state index is 12.7. The van der Waals surface area contributed by atoms with Gasteiger partial charge in [0.15, 0.2) is 10.4 Å². The summed E-state index contributed by atoms with van der Waals surface area (Å²) in [5.41, 5.74) is 0.700. The van der Waals surface area contributed by atoms with E-state index in [-0.39, 0.29) is 11.5 Å². The van der Waals surface area contributed by atoms with Crippen molar-refractivity contribution in [2.75, 3.05) is 12.4 Å². The van der Waals surface area contributed by atoms with Gasteiger partial charge in [0.2, 0.25) is 0 Å². The van der Waals surface area contributed by atoms with Gasteiger partial charge in [0, 0.05) is 11.8 Å². The summed E-state index contributed by atoms with van der Waals surface area (Å²) < 4.78 is 15.4. The first kappa shape index (κ1) is 20.2. The largest absolute Gasteiger partial charge is 0.465 e. The summed E-state index contributed by atoms with van der Waals surface area (Å²) in [5.74, 6) is -1.29. The Hall–Kier alpha value is -3.59. The number of carbonyl (C=O) groups is 3. The Bertz CT molecular complexity index is 1050. The topological polar surface area (TPSA) is 111 Å². The molecule has 0 saturated carbocycles. The van der Waals surface area contributed by atoms with E-state index in [2.05, 4.69) is 31.3 Å². The van der Waals surface area contributed by atoms with Gasteiger partial charge >= 0.3 is 5.97 Å². The molecule has 1 aromatic carbocycles. The van der Waals surface area contributed by atoms with E-state index in [1.807, 2.05) is 0 Å². The molecule has 0 saturated heterocycles. The van der Waals surface area contributed by atoms with Crippen LogP contribution in [0.25, 0.3) is 6.08 Å². The maximum atomic E-state index is 12.7. The second-order valence-corrected chi connectivity index (χ2v) is 6.44. The Morgan fingerprint density at radius 1 is 1.07 bits per heavy atom. The molecule has 3 aromatic rings. The Morgan fingerprint density at radius 3 is 2.41 bits per heavy atom. The highest BCUT2D eigenvalue weighted by molar-refractivity contribution is 9.10. The molecule has 2 aromatic heterocycles. The van der Waals surface area contributed by atoms with Crippen LogP contribution >= 0.6 is 15.9 Å². The van der Waals surface area contributed by atoms with Crippen molar-refractivity contribution in [3.63, 3.8) is 0 Å². The summed E-state index contributed by atoms with van der Waals surface area (Å²) in [6, 6.07) is 12.4. The zero-order chi connectivity index (χ0) is 20.8. The van der Waals surface area contributed by atoms with Crippen molar-refractivity contribution in [2.24, 2.45) is 0 Å². The predicted molar refractivity (Wildman–Crippen MR) is 107 cm³/mol. The van der Waals surface area contributed by atoms with Crippen LogP contribution in [-0.4, -0.2) is 24.9 Å². The lowest BCUT2D eigenvalue weighted by molar-refractivity contribution is -0.113. The molecule has 9 heteroatoms. The van der Waals surface area contributed by atoms with Crippen molar-refractivity contribution in [1.82, 2.24) is 5.32 Å². The standard InChI is InChI=1S/C20H15BrN2O6/c1-27-20(26)12-4-6-13(7-5-12)22-18(24)15(11-14-3-2-10-28-14)23-19(25)16-8-9-17(21)29-16/h2-11H,1H3,(H,22,24)(H,23,25)/b15-11-. The number of nitrogens with one attached hydrogen (secondary N) is 2. The number of furan rings is 2. The summed E-state index contributed by atoms with van der Waals surface area (Å²) in [4.78, 5) is 36.6. The molecule has 0 fully saturated rings. The van der Waals surface area contributed by atoms with Crippen molar-refractivity contribution in [2.45, 2.75) is 0 Å². The fraction of sp³-hybridized carbons (Fsp3) is 0.0500. The number of halogens is 1. The van der Waals surface area contributed by atoms with Crippen molar-refractivity contribution in [1.29, 1.82) is 0 Å². The highest BCUT2D eigenvalue weighted by atomic mass is 79.9. The number of amides is 2. The second kappa shape index (κ2) is 9.07. The summed E-state index contributed by atoms with van der Waals surface area (Å²) >= 11 is 3.12. The molecule has 0 unspecified atom stereocenters. The van der Waals surface area contributed by atoms with Gasteiger partial charge in [-0.2, -0.15) is 0 Å². The van der Waals surface area contributed by atoms with Gasteiger partial charge in [0.05, 0.1) is 18.9 Å². The minimum atomic E-state index is -0.607. The number of hydrogen-bond donors (Lipinski definition) is 2. The molecule has 2 amide bonds. The Labute approximate surface area is 173 Å². The van der Waals surface area contributed by atoms with E-state index in [0.29, 0.717) is 21.7 Å². The van der Waals surface area contributed by atoms with Gasteiger partial charge in [-0.25, -0.2) is 4.79 Å². The van der Waals surface area contributed by atoms with Crippen LogP contribution in [0.2, 0.25) is 0 Å². The molecule has 0 aliphatic heterocycles. The van der Waals surface area contributed by atoms with Gasteiger partial charge in [0.25, 0.3) is 11.8 Å². The smallest absolute Gasteiger partial charge is 0.337 e. The van der Waals surface area contributed by atoms with Crippen LogP contribution < -0.4 is 10.6 Å². The minimum Gasteiger partial charge on any atom is -0.465 e. The number of methoxy groups -OCH3 is 1. The van der Waals surface area contributed by atoms with Crippen molar-refractivity contribution >= 4 is 45.5 Å². The van der Waals surface area contributed by atoms with E-state index in [4.69, 9.17) is 8.83 Å². The van der Waals surface area contributed by atoms with Crippen LogP contribution in [-0.2, 0) is 9.53 Å². The average molecular weight is 459 g/mol. The van der Waals surface area contributed by atoms with Gasteiger partial charge in [-0.1, -0.05) is 0 Å². The molecule has 0 radical (unpaired) electrons. The molecule has 0 atom stereocenters. The van der Waals surface area contributed by atoms with E-state index in [0.717, 1.165) is 0 Å². The first-order chi connectivity index (χ1) is 14.0. The highest BCUT2D eigenvalue weighted by Gasteiger charge is 2.18. The second-order valence-electron chi connectivity index (χ2n) is 5.65. The Balaban J connectivity index is 1.79. The van der Waals surface area contributed by atoms with Crippen LogP contribution in [0.4, 0.5) is 5.69 Å². The molecule has 3 rings (SSSR count). The van der Waals surface area contributed by atoms with Crippen LogP contribution in [0.15, 0.2) is 74.0 Å². The average Bonchev–Trinajstić information content (AvgIpc) is 3.39. The zero-order valence-electron chi connectivity index (χ0n) is 15.1. The molecule has 0 aliphatic rings. The lowest BCUT2D eigenvalue weighted by atomic mass is 10.2. The normalized spacial score (nSPS) is 11.0. The van der Waals surface area contributed by atoms with E-state index in [1.54, 1.807) is 30.3 Å². The minimum absolute atomic E-state index is 0.0254. The Morgan fingerprint density at radius 2 is 1.83 bits per heavy atom. The summed E-state index contributed by atoms with van der Waals surface area (Å²) in [5, 5.41) is 5.15. The number of ether oxygens (including phenoxy) is 1. The third-order valence-electron chi connectivity index (χ3n) is 3.68. The van der Waals surface area contributed by atoms with E-state index < -0.39 is 17.8 Å². The van der Waals surface area contributed by atoms with E-state index in [1.165, 1.54) is 37.6 Å². The predicted octanol–water partition coefficient (Wildman–Crippen LogP) is 3.83. The number of carbonyl (C=O) groups excluding carboxylic acids is 3. The van der Waals surface area contributed by atoms with Gasteiger partial charge in [-0.3, -0.25) is 9.59 Å². The van der Waals surface area contributed by atoms with Crippen molar-refractivity contribution in [3.8, 4) is 0 Å². The third kappa shape index (κ3) is 5.23. The summed E-state index contributed by atoms with van der Waals surface area (Å²) in [6.07, 6.45) is 2.83. The lowest BCUT2D eigenvalue weighted by Crippen LogP contribution is -2.30. The van der Waals surface area contributed by atoms with Crippen molar-refractivity contribution in [3.05, 3.63) is 82.2 Å². The summed E-state index contributed by atoms with van der Waals surface area (Å²) in [7, 11) is 1.28. The van der Waals surface area contributed by atoms with E-state index >= 15 is 0 Å². The van der Waals surface area contributed by atoms with Gasteiger partial charge in [0.1, 0.15) is 11.5 Å². The lowest BCUT2D eigenvalue weighted by Gasteiger charge is -2.10. The molecular formula is C20H15BrN2O6. The molecule has 148 valence electrons. The molecule has 0 spiro atoms. The Kier molecular flexibility index (Phi) is 6.30. The van der Waals surface area contributed by atoms with Crippen LogP contribution in [0.3, 0.4) is 0 Å². The fourth-order valence-corrected chi connectivity index (χ4v) is 2.61. The maximum Gasteiger partial charge on any atom is 0.337 e. The number of benzene rings is 1. The molecule has 0 bridgehead atoms. The van der Waals surface area contributed by atoms with E-state index in [9.17, 15) is 14.4 Å². The molecule has 29 heavy (non-hydrogen) atoms. The van der Waals surface area contributed by atoms with Crippen LogP contribution in [0.5, 0.6) is 0 Å². The number of hydrogen-bond acceptors (Lipinski definition) is 6. The molecule has 8 nitrogen and oxygen atoms in total. The van der Waals surface area contributed by atoms with Crippen molar-refractivity contribution < 1.29 is 28.0 Å². The first-order valence-electron chi connectivity index (χ1n) is 8.28. The third-order valence-corrected chi connectivity index (χ3v) is 4.11. The number of esters is 1. The highest BCUT2D eigenvalue weighted by Crippen LogP contribution is 2.16. The number of rotatable bonds is 6. The van der Waals surface area contributed by atoms with Gasteiger partial charge < -0.3 is 24.2 Å². The van der Waals surface area contributed by atoms with Crippen LogP contribution in [0.1, 0.15) is 26.7 Å². The van der Waals surface area contributed by atoms with Gasteiger partial charge in [-0.15, -0.1) is 0 Å². The molecule has 0 aliphatic carbocycles.